The maximum atomic E-state index is 12.1. The van der Waals surface area contributed by atoms with Crippen LogP contribution in [-0.4, -0.2) is 46.0 Å². The molecular formula is C42H32O9. The van der Waals surface area contributed by atoms with E-state index in [1.54, 1.807) is 66.7 Å². The summed E-state index contributed by atoms with van der Waals surface area (Å²) in [5.74, 6) is -5.11. The third kappa shape index (κ3) is 4.40. The number of benzene rings is 6. The standard InChI is InChI=1S/C42H32O9/c43-21-5-1-18(2-6-21)33-28-14-23(45)9-10-27(28)37-36-29(15-26(48)16-30(36)49)38(33)40-32(51)17-31(50)39-35(20-11-24(46)13-25(47)12-20)34(41(37)42(39)40)19-3-7-22(44)8-4-19/h1-17,33-35,37-38,41,43-51H/t33-,34-,35-,37-,38+,41-/m1/s1. The van der Waals surface area contributed by atoms with Gasteiger partial charge in [0.05, 0.1) is 0 Å². The van der Waals surface area contributed by atoms with Gasteiger partial charge in [0.25, 0.3) is 0 Å². The molecule has 2 bridgehead atoms. The average Bonchev–Trinajstić information content (AvgIpc) is 3.29. The zero-order chi connectivity index (χ0) is 35.5. The Morgan fingerprint density at radius 2 is 0.804 bits per heavy atom. The van der Waals surface area contributed by atoms with Gasteiger partial charge in [-0.25, -0.2) is 0 Å². The fourth-order valence-corrected chi connectivity index (χ4v) is 9.55. The normalized spacial score (nSPS) is 22.4. The Labute approximate surface area is 291 Å². The van der Waals surface area contributed by atoms with Gasteiger partial charge in [-0.15, -0.1) is 0 Å². The first-order valence-corrected chi connectivity index (χ1v) is 16.6. The van der Waals surface area contributed by atoms with E-state index in [1.807, 2.05) is 6.07 Å². The van der Waals surface area contributed by atoms with Crippen molar-refractivity contribution in [2.45, 2.75) is 35.5 Å². The van der Waals surface area contributed by atoms with Crippen LogP contribution in [0, 0.1) is 0 Å². The average molecular weight is 681 g/mol. The number of rotatable bonds is 3. The SMILES string of the molecule is Oc1ccc([C@@H]2c3cc(O)ccc3[C@@H]3c4c(O)cc(O)cc4[C@@H]2c2c(O)cc(O)c4c2[C@@H]3[C@H](c2ccc(O)cc2)[C@H]4c2cc(O)cc(O)c2)cc1. The molecule has 9 N–H and O–H groups in total. The Morgan fingerprint density at radius 3 is 1.45 bits per heavy atom. The minimum absolute atomic E-state index is 0.000846. The van der Waals surface area contributed by atoms with Gasteiger partial charge in [0, 0.05) is 70.4 Å². The van der Waals surface area contributed by atoms with Gasteiger partial charge in [-0.05, 0) is 93.5 Å². The summed E-state index contributed by atoms with van der Waals surface area (Å²) in [6, 6.07) is 26.8. The van der Waals surface area contributed by atoms with Crippen LogP contribution < -0.4 is 0 Å². The lowest BCUT2D eigenvalue weighted by molar-refractivity contribution is 0.427. The number of hydrogen-bond donors (Lipinski definition) is 9. The van der Waals surface area contributed by atoms with Crippen molar-refractivity contribution in [2.75, 3.05) is 0 Å². The van der Waals surface area contributed by atoms with Crippen molar-refractivity contribution in [3.63, 3.8) is 0 Å². The second kappa shape index (κ2) is 10.8. The van der Waals surface area contributed by atoms with Crippen molar-refractivity contribution in [3.8, 4) is 51.7 Å². The summed E-state index contributed by atoms with van der Waals surface area (Å²) in [6.45, 7) is 0. The predicted molar refractivity (Wildman–Crippen MR) is 186 cm³/mol. The molecule has 0 spiro atoms. The number of phenols is 9. The van der Waals surface area contributed by atoms with Crippen molar-refractivity contribution in [3.05, 3.63) is 159 Å². The molecule has 6 atom stereocenters. The molecule has 9 rings (SSSR count). The highest BCUT2D eigenvalue weighted by Crippen LogP contribution is 2.71. The Hall–Kier alpha value is -6.48. The quantitative estimate of drug-likeness (QED) is 0.0916. The molecule has 9 nitrogen and oxygen atoms in total. The lowest BCUT2D eigenvalue weighted by Crippen LogP contribution is -2.22. The van der Waals surface area contributed by atoms with Crippen molar-refractivity contribution < 1.29 is 46.0 Å². The van der Waals surface area contributed by atoms with Gasteiger partial charge in [-0.1, -0.05) is 30.3 Å². The molecule has 0 saturated heterocycles. The Bertz CT molecular complexity index is 2380. The third-order valence-electron chi connectivity index (χ3n) is 11.2. The van der Waals surface area contributed by atoms with Crippen LogP contribution in [0.25, 0.3) is 0 Å². The third-order valence-corrected chi connectivity index (χ3v) is 11.2. The minimum atomic E-state index is -0.802. The van der Waals surface area contributed by atoms with Crippen molar-refractivity contribution >= 4 is 0 Å². The van der Waals surface area contributed by atoms with Gasteiger partial charge in [0.2, 0.25) is 0 Å². The van der Waals surface area contributed by atoms with Gasteiger partial charge < -0.3 is 46.0 Å². The number of hydrogen-bond acceptors (Lipinski definition) is 9. The van der Waals surface area contributed by atoms with E-state index in [-0.39, 0.29) is 51.7 Å². The van der Waals surface area contributed by atoms with E-state index < -0.39 is 35.5 Å². The van der Waals surface area contributed by atoms with Crippen LogP contribution in [-0.2, 0) is 0 Å². The van der Waals surface area contributed by atoms with Gasteiger partial charge in [-0.2, -0.15) is 0 Å². The molecule has 0 fully saturated rings. The molecule has 6 aromatic carbocycles. The topological polar surface area (TPSA) is 182 Å². The molecule has 0 unspecified atom stereocenters. The van der Waals surface area contributed by atoms with E-state index in [9.17, 15) is 46.0 Å². The van der Waals surface area contributed by atoms with Crippen LogP contribution in [0.3, 0.4) is 0 Å². The Balaban J connectivity index is 1.48. The fourth-order valence-electron chi connectivity index (χ4n) is 9.55. The molecule has 0 amide bonds. The molecule has 6 aromatic rings. The van der Waals surface area contributed by atoms with E-state index in [0.29, 0.717) is 38.9 Å². The second-order valence-corrected chi connectivity index (χ2v) is 13.9. The van der Waals surface area contributed by atoms with Crippen LogP contribution >= 0.6 is 0 Å². The van der Waals surface area contributed by atoms with E-state index in [0.717, 1.165) is 16.7 Å². The molecular weight excluding hydrogens is 648 g/mol. The lowest BCUT2D eigenvalue weighted by Gasteiger charge is -2.36. The maximum absolute atomic E-state index is 12.1. The van der Waals surface area contributed by atoms with E-state index in [2.05, 4.69) is 0 Å². The zero-order valence-electron chi connectivity index (χ0n) is 26.8. The number of phenolic OH excluding ortho intramolecular Hbond substituents is 9. The highest BCUT2D eigenvalue weighted by molar-refractivity contribution is 5.74. The van der Waals surface area contributed by atoms with Gasteiger partial charge >= 0.3 is 0 Å². The predicted octanol–water partition coefficient (Wildman–Crippen LogP) is 7.47. The summed E-state index contributed by atoms with van der Waals surface area (Å²) < 4.78 is 0. The summed E-state index contributed by atoms with van der Waals surface area (Å²) in [5, 5.41) is 100.0. The first kappa shape index (κ1) is 30.6. The summed E-state index contributed by atoms with van der Waals surface area (Å²) in [5.41, 5.74) is 5.99. The monoisotopic (exact) mass is 680 g/mol. The van der Waals surface area contributed by atoms with Crippen LogP contribution in [0.15, 0.2) is 103 Å². The van der Waals surface area contributed by atoms with Crippen molar-refractivity contribution in [1.82, 2.24) is 0 Å². The lowest BCUT2D eigenvalue weighted by atomic mass is 9.66. The number of aromatic hydroxyl groups is 9. The highest BCUT2D eigenvalue weighted by Gasteiger charge is 2.56. The maximum Gasteiger partial charge on any atom is 0.123 e. The first-order chi connectivity index (χ1) is 24.5. The molecule has 0 saturated carbocycles. The second-order valence-electron chi connectivity index (χ2n) is 13.9. The molecule has 3 aliphatic carbocycles. The van der Waals surface area contributed by atoms with Crippen LogP contribution in [0.1, 0.15) is 91.1 Å². The minimum Gasteiger partial charge on any atom is -0.508 e. The fraction of sp³-hybridized carbons (Fsp3) is 0.143. The van der Waals surface area contributed by atoms with Gasteiger partial charge in [-0.3, -0.25) is 0 Å². The molecule has 3 aliphatic rings. The smallest absolute Gasteiger partial charge is 0.123 e. The van der Waals surface area contributed by atoms with Gasteiger partial charge in [0.1, 0.15) is 51.7 Å². The zero-order valence-corrected chi connectivity index (χ0v) is 26.8. The molecule has 51 heavy (non-hydrogen) atoms. The Morgan fingerprint density at radius 1 is 0.275 bits per heavy atom. The molecule has 9 heteroatoms. The van der Waals surface area contributed by atoms with E-state index in [1.165, 1.54) is 30.3 Å². The highest BCUT2D eigenvalue weighted by atomic mass is 16.3. The van der Waals surface area contributed by atoms with Crippen LogP contribution in [0.4, 0.5) is 0 Å². The van der Waals surface area contributed by atoms with Crippen molar-refractivity contribution in [1.29, 1.82) is 0 Å². The van der Waals surface area contributed by atoms with E-state index >= 15 is 0 Å². The largest absolute Gasteiger partial charge is 0.508 e. The van der Waals surface area contributed by atoms with Crippen molar-refractivity contribution in [2.24, 2.45) is 0 Å². The molecule has 0 aliphatic heterocycles. The first-order valence-electron chi connectivity index (χ1n) is 16.6. The summed E-state index contributed by atoms with van der Waals surface area (Å²) in [7, 11) is 0. The number of fused-ring (bicyclic) bond motifs is 4. The van der Waals surface area contributed by atoms with Crippen LogP contribution in [0.2, 0.25) is 0 Å². The summed E-state index contributed by atoms with van der Waals surface area (Å²) in [6.07, 6.45) is 0. The van der Waals surface area contributed by atoms with Gasteiger partial charge in [0.15, 0.2) is 0 Å². The molecule has 0 aromatic heterocycles. The molecule has 0 heterocycles. The molecule has 0 radical (unpaired) electrons. The Kier molecular flexibility index (Phi) is 6.45. The summed E-state index contributed by atoms with van der Waals surface area (Å²) in [4.78, 5) is 0. The summed E-state index contributed by atoms with van der Waals surface area (Å²) >= 11 is 0. The molecule has 254 valence electrons. The van der Waals surface area contributed by atoms with Crippen LogP contribution in [0.5, 0.6) is 51.7 Å². The van der Waals surface area contributed by atoms with E-state index in [4.69, 9.17) is 0 Å².